The molecular formula is C12H13BrN2O5. The lowest BCUT2D eigenvalue weighted by molar-refractivity contribution is -0.144. The summed E-state index contributed by atoms with van der Waals surface area (Å²) in [5.74, 6) is -1.86. The fraction of sp³-hybridized carbons (Fsp3) is 0.333. The van der Waals surface area contributed by atoms with Gasteiger partial charge in [-0.3, -0.25) is 14.4 Å². The lowest BCUT2D eigenvalue weighted by atomic mass is 10.3. The van der Waals surface area contributed by atoms with Crippen LogP contribution in [0.25, 0.3) is 0 Å². The maximum atomic E-state index is 12.3. The van der Waals surface area contributed by atoms with Crippen LogP contribution in [0.15, 0.2) is 22.8 Å². The average Bonchev–Trinajstić information content (AvgIpc) is 2.45. The van der Waals surface area contributed by atoms with Crippen molar-refractivity contribution < 1.29 is 23.9 Å². The van der Waals surface area contributed by atoms with Gasteiger partial charge in [0.25, 0.3) is 5.91 Å². The summed E-state index contributed by atoms with van der Waals surface area (Å²) < 4.78 is 9.45. The lowest BCUT2D eigenvalue weighted by Gasteiger charge is -2.20. The molecule has 0 bridgehead atoms. The van der Waals surface area contributed by atoms with Crippen molar-refractivity contribution in [2.45, 2.75) is 0 Å². The van der Waals surface area contributed by atoms with Crippen molar-refractivity contribution in [2.24, 2.45) is 0 Å². The number of carbonyl (C=O) groups is 3. The minimum atomic E-state index is -0.644. The number of ether oxygens (including phenoxy) is 2. The van der Waals surface area contributed by atoms with Gasteiger partial charge in [0, 0.05) is 10.7 Å². The molecule has 1 rings (SSSR count). The molecule has 1 amide bonds. The van der Waals surface area contributed by atoms with Gasteiger partial charge in [-0.2, -0.15) is 0 Å². The minimum Gasteiger partial charge on any atom is -0.468 e. The zero-order valence-electron chi connectivity index (χ0n) is 11.0. The summed E-state index contributed by atoms with van der Waals surface area (Å²) in [4.78, 5) is 39.8. The molecule has 0 radical (unpaired) electrons. The summed E-state index contributed by atoms with van der Waals surface area (Å²) in [5, 5.41) is 0. The van der Waals surface area contributed by atoms with Crippen LogP contribution in [0.1, 0.15) is 10.5 Å². The van der Waals surface area contributed by atoms with Gasteiger partial charge in [0.05, 0.1) is 14.2 Å². The Labute approximate surface area is 124 Å². The van der Waals surface area contributed by atoms with E-state index in [1.165, 1.54) is 20.4 Å². The first-order chi connectivity index (χ1) is 9.49. The molecule has 7 nitrogen and oxygen atoms in total. The highest BCUT2D eigenvalue weighted by Gasteiger charge is 2.24. The third-order valence-electron chi connectivity index (χ3n) is 2.34. The fourth-order valence-electron chi connectivity index (χ4n) is 1.33. The molecule has 0 saturated heterocycles. The molecule has 0 aromatic carbocycles. The summed E-state index contributed by atoms with van der Waals surface area (Å²) in [6.45, 7) is -0.735. The highest BCUT2D eigenvalue weighted by molar-refractivity contribution is 9.10. The van der Waals surface area contributed by atoms with Crippen molar-refractivity contribution in [2.75, 3.05) is 27.3 Å². The van der Waals surface area contributed by atoms with E-state index in [0.717, 1.165) is 4.90 Å². The Kier molecular flexibility index (Phi) is 6.10. The normalized spacial score (nSPS) is 9.75. The van der Waals surface area contributed by atoms with Crippen molar-refractivity contribution in [3.05, 3.63) is 28.5 Å². The number of hydrogen-bond donors (Lipinski definition) is 0. The molecule has 20 heavy (non-hydrogen) atoms. The minimum absolute atomic E-state index is 0.0975. The van der Waals surface area contributed by atoms with Gasteiger partial charge in [0.2, 0.25) is 0 Å². The standard InChI is InChI=1S/C12H13BrN2O5/c1-19-9(16)6-15(7-10(17)20-2)12(18)11-8(13)4-3-5-14-11/h3-5H,6-7H2,1-2H3. The molecule has 0 aliphatic rings. The topological polar surface area (TPSA) is 85.8 Å². The number of hydrogen-bond acceptors (Lipinski definition) is 6. The molecule has 8 heteroatoms. The zero-order chi connectivity index (χ0) is 15.1. The molecule has 1 aromatic rings. The molecule has 0 fully saturated rings. The first-order valence-corrected chi connectivity index (χ1v) is 6.32. The van der Waals surface area contributed by atoms with Gasteiger partial charge in [0.15, 0.2) is 0 Å². The number of nitrogens with zero attached hydrogens (tertiary/aromatic N) is 2. The highest BCUT2D eigenvalue weighted by atomic mass is 79.9. The van der Waals surface area contributed by atoms with Crippen LogP contribution in [0.2, 0.25) is 0 Å². The van der Waals surface area contributed by atoms with Crippen LogP contribution in [0, 0.1) is 0 Å². The maximum absolute atomic E-state index is 12.3. The van der Waals surface area contributed by atoms with E-state index in [-0.39, 0.29) is 18.8 Å². The van der Waals surface area contributed by atoms with Crippen LogP contribution >= 0.6 is 15.9 Å². The van der Waals surface area contributed by atoms with Crippen LogP contribution < -0.4 is 0 Å². The average molecular weight is 345 g/mol. The second-order valence-corrected chi connectivity index (χ2v) is 4.50. The predicted octanol–water partition coefficient (Wildman–Crippen LogP) is 0.632. The van der Waals surface area contributed by atoms with Gasteiger partial charge in [0.1, 0.15) is 18.8 Å². The molecular weight excluding hydrogens is 332 g/mol. The van der Waals surface area contributed by atoms with E-state index in [1.54, 1.807) is 12.1 Å². The Morgan fingerprint density at radius 1 is 1.20 bits per heavy atom. The van der Waals surface area contributed by atoms with Gasteiger partial charge in [-0.25, -0.2) is 4.98 Å². The zero-order valence-corrected chi connectivity index (χ0v) is 12.5. The second-order valence-electron chi connectivity index (χ2n) is 3.65. The number of methoxy groups -OCH3 is 2. The fourth-order valence-corrected chi connectivity index (χ4v) is 1.76. The number of aromatic nitrogens is 1. The Balaban J connectivity index is 2.97. The van der Waals surface area contributed by atoms with E-state index >= 15 is 0 Å². The predicted molar refractivity (Wildman–Crippen MR) is 71.9 cm³/mol. The summed E-state index contributed by atoms with van der Waals surface area (Å²) in [7, 11) is 2.39. The molecule has 0 unspecified atom stereocenters. The third-order valence-corrected chi connectivity index (χ3v) is 2.98. The van der Waals surface area contributed by atoms with Crippen LogP contribution in [0.4, 0.5) is 0 Å². The summed E-state index contributed by atoms with van der Waals surface area (Å²) in [5.41, 5.74) is 0.0975. The summed E-state index contributed by atoms with van der Waals surface area (Å²) in [6, 6.07) is 3.28. The van der Waals surface area contributed by atoms with Gasteiger partial charge < -0.3 is 14.4 Å². The molecule has 0 saturated carbocycles. The number of rotatable bonds is 5. The Morgan fingerprint density at radius 2 is 1.75 bits per heavy atom. The highest BCUT2D eigenvalue weighted by Crippen LogP contribution is 2.15. The van der Waals surface area contributed by atoms with Crippen molar-refractivity contribution in [1.29, 1.82) is 0 Å². The van der Waals surface area contributed by atoms with E-state index in [2.05, 4.69) is 30.4 Å². The van der Waals surface area contributed by atoms with Crippen LogP contribution in [-0.2, 0) is 19.1 Å². The van der Waals surface area contributed by atoms with Gasteiger partial charge in [-0.05, 0) is 28.1 Å². The van der Waals surface area contributed by atoms with Crippen molar-refractivity contribution >= 4 is 33.8 Å². The summed E-state index contributed by atoms with van der Waals surface area (Å²) in [6.07, 6.45) is 1.44. The van der Waals surface area contributed by atoms with Gasteiger partial charge in [-0.15, -0.1) is 0 Å². The molecule has 0 aliphatic carbocycles. The molecule has 108 valence electrons. The molecule has 1 heterocycles. The Morgan fingerprint density at radius 3 is 2.20 bits per heavy atom. The maximum Gasteiger partial charge on any atom is 0.325 e. The molecule has 0 atom stereocenters. The number of amides is 1. The van der Waals surface area contributed by atoms with Crippen molar-refractivity contribution in [1.82, 2.24) is 9.88 Å². The van der Waals surface area contributed by atoms with Crippen LogP contribution in [0.3, 0.4) is 0 Å². The van der Waals surface area contributed by atoms with E-state index in [9.17, 15) is 14.4 Å². The van der Waals surface area contributed by atoms with E-state index in [4.69, 9.17) is 0 Å². The van der Waals surface area contributed by atoms with Crippen molar-refractivity contribution in [3.8, 4) is 0 Å². The van der Waals surface area contributed by atoms with E-state index in [0.29, 0.717) is 4.47 Å². The smallest absolute Gasteiger partial charge is 0.325 e. The Hall–Kier alpha value is -1.96. The van der Waals surface area contributed by atoms with Gasteiger partial charge in [-0.1, -0.05) is 0 Å². The lowest BCUT2D eigenvalue weighted by Crippen LogP contribution is -2.40. The largest absolute Gasteiger partial charge is 0.468 e. The molecule has 0 spiro atoms. The monoisotopic (exact) mass is 344 g/mol. The third kappa shape index (κ3) is 4.30. The first kappa shape index (κ1) is 16.1. The first-order valence-electron chi connectivity index (χ1n) is 5.53. The van der Waals surface area contributed by atoms with Crippen LogP contribution in [0.5, 0.6) is 0 Å². The number of halogens is 1. The van der Waals surface area contributed by atoms with E-state index in [1.807, 2.05) is 0 Å². The van der Waals surface area contributed by atoms with E-state index < -0.39 is 17.8 Å². The number of carbonyl (C=O) groups excluding carboxylic acids is 3. The molecule has 0 N–H and O–H groups in total. The Bertz CT molecular complexity index is 502. The summed E-state index contributed by atoms with van der Waals surface area (Å²) >= 11 is 3.19. The van der Waals surface area contributed by atoms with Crippen molar-refractivity contribution in [3.63, 3.8) is 0 Å². The van der Waals surface area contributed by atoms with Crippen LogP contribution in [-0.4, -0.2) is 55.0 Å². The number of esters is 2. The quantitative estimate of drug-likeness (QED) is 0.728. The second kappa shape index (κ2) is 7.59. The molecule has 0 aliphatic heterocycles. The molecule has 1 aromatic heterocycles. The van der Waals surface area contributed by atoms with Gasteiger partial charge >= 0.3 is 11.9 Å². The number of pyridine rings is 1. The SMILES string of the molecule is COC(=O)CN(CC(=O)OC)C(=O)c1ncccc1Br.